The molecule has 29 heavy (non-hydrogen) atoms. The van der Waals surface area contributed by atoms with E-state index in [0.717, 1.165) is 29.0 Å². The van der Waals surface area contributed by atoms with Gasteiger partial charge < -0.3 is 15.0 Å². The Morgan fingerprint density at radius 3 is 2.48 bits per heavy atom. The van der Waals surface area contributed by atoms with E-state index in [-0.39, 0.29) is 29.6 Å². The molecule has 154 valence electrons. The average Bonchev–Trinajstić information content (AvgIpc) is 3.07. The Morgan fingerprint density at radius 1 is 1.14 bits per heavy atom. The standard InChI is InChI=1S/C24H30N2O3/c1-24(2,3)20-7-5-6-8-21(20)25-23(28)18-15-22(27)26(16-18)14-13-17-9-11-19(29-4)12-10-17/h5-12,18H,13-16H2,1-4H3,(H,25,28). The molecule has 5 heteroatoms. The quantitative estimate of drug-likeness (QED) is 0.805. The van der Waals surface area contributed by atoms with Crippen LogP contribution in [-0.2, 0) is 21.4 Å². The van der Waals surface area contributed by atoms with Gasteiger partial charge in [0.25, 0.3) is 0 Å². The molecule has 0 spiro atoms. The molecule has 1 aliphatic rings. The second-order valence-corrected chi connectivity index (χ2v) is 8.62. The number of rotatable bonds is 6. The highest BCUT2D eigenvalue weighted by Gasteiger charge is 2.34. The topological polar surface area (TPSA) is 58.6 Å². The van der Waals surface area contributed by atoms with Crippen LogP contribution in [-0.4, -0.2) is 36.9 Å². The summed E-state index contributed by atoms with van der Waals surface area (Å²) in [5.41, 5.74) is 2.99. The first-order valence-corrected chi connectivity index (χ1v) is 10.1. The number of benzene rings is 2. The monoisotopic (exact) mass is 394 g/mol. The number of anilines is 1. The van der Waals surface area contributed by atoms with Crippen LogP contribution in [0.25, 0.3) is 0 Å². The Morgan fingerprint density at radius 2 is 1.83 bits per heavy atom. The molecule has 0 bridgehead atoms. The predicted octanol–water partition coefficient (Wildman–Crippen LogP) is 4.02. The molecule has 0 radical (unpaired) electrons. The number of likely N-dealkylation sites (tertiary alicyclic amines) is 1. The maximum atomic E-state index is 12.8. The van der Waals surface area contributed by atoms with Crippen LogP contribution in [0.2, 0.25) is 0 Å². The van der Waals surface area contributed by atoms with Gasteiger partial charge in [-0.15, -0.1) is 0 Å². The lowest BCUT2D eigenvalue weighted by atomic mass is 9.85. The van der Waals surface area contributed by atoms with Crippen LogP contribution in [0.4, 0.5) is 5.69 Å². The largest absolute Gasteiger partial charge is 0.497 e. The molecule has 1 unspecified atom stereocenters. The number of hydrogen-bond acceptors (Lipinski definition) is 3. The number of carbonyl (C=O) groups excluding carboxylic acids is 2. The maximum Gasteiger partial charge on any atom is 0.229 e. The molecule has 1 aliphatic heterocycles. The van der Waals surface area contributed by atoms with Crippen LogP contribution >= 0.6 is 0 Å². The van der Waals surface area contributed by atoms with Crippen LogP contribution < -0.4 is 10.1 Å². The predicted molar refractivity (Wildman–Crippen MR) is 115 cm³/mol. The Hall–Kier alpha value is -2.82. The summed E-state index contributed by atoms with van der Waals surface area (Å²) in [7, 11) is 1.64. The summed E-state index contributed by atoms with van der Waals surface area (Å²) in [6.45, 7) is 7.46. The van der Waals surface area contributed by atoms with Crippen molar-refractivity contribution in [1.82, 2.24) is 4.90 Å². The normalized spacial score (nSPS) is 16.8. The van der Waals surface area contributed by atoms with E-state index in [4.69, 9.17) is 4.74 Å². The second kappa shape index (κ2) is 8.68. The van der Waals surface area contributed by atoms with Gasteiger partial charge in [-0.1, -0.05) is 51.1 Å². The van der Waals surface area contributed by atoms with Gasteiger partial charge in [-0.05, 0) is 41.2 Å². The van der Waals surface area contributed by atoms with Crippen molar-refractivity contribution in [3.8, 4) is 5.75 Å². The fourth-order valence-electron chi connectivity index (χ4n) is 3.70. The lowest BCUT2D eigenvalue weighted by Gasteiger charge is -2.23. The zero-order chi connectivity index (χ0) is 21.0. The van der Waals surface area contributed by atoms with Gasteiger partial charge >= 0.3 is 0 Å². The number of nitrogens with zero attached hydrogens (tertiary/aromatic N) is 1. The molecule has 0 aliphatic carbocycles. The van der Waals surface area contributed by atoms with E-state index in [1.165, 1.54) is 0 Å². The van der Waals surface area contributed by atoms with Crippen molar-refractivity contribution in [3.05, 3.63) is 59.7 Å². The summed E-state index contributed by atoms with van der Waals surface area (Å²) < 4.78 is 5.17. The number of para-hydroxylation sites is 1. The summed E-state index contributed by atoms with van der Waals surface area (Å²) in [6, 6.07) is 15.7. The fraction of sp³-hybridized carbons (Fsp3) is 0.417. The molecule has 2 aromatic carbocycles. The first-order chi connectivity index (χ1) is 13.8. The van der Waals surface area contributed by atoms with Gasteiger partial charge in [-0.3, -0.25) is 9.59 Å². The fourth-order valence-corrected chi connectivity index (χ4v) is 3.70. The Kier molecular flexibility index (Phi) is 6.26. The highest BCUT2D eigenvalue weighted by Crippen LogP contribution is 2.30. The lowest BCUT2D eigenvalue weighted by Crippen LogP contribution is -2.30. The first kappa shape index (κ1) is 20.9. The van der Waals surface area contributed by atoms with Crippen molar-refractivity contribution in [1.29, 1.82) is 0 Å². The molecule has 2 amide bonds. The number of hydrogen-bond donors (Lipinski definition) is 1. The molecule has 1 saturated heterocycles. The van der Waals surface area contributed by atoms with E-state index >= 15 is 0 Å². The number of ether oxygens (including phenoxy) is 1. The maximum absolute atomic E-state index is 12.8. The minimum absolute atomic E-state index is 0.0442. The smallest absolute Gasteiger partial charge is 0.229 e. The van der Waals surface area contributed by atoms with Gasteiger partial charge in [0, 0.05) is 25.2 Å². The van der Waals surface area contributed by atoms with Crippen LogP contribution in [0.1, 0.15) is 38.3 Å². The number of carbonyl (C=O) groups is 2. The van der Waals surface area contributed by atoms with Gasteiger partial charge in [0.2, 0.25) is 11.8 Å². The van der Waals surface area contributed by atoms with Crippen molar-refractivity contribution in [3.63, 3.8) is 0 Å². The second-order valence-electron chi connectivity index (χ2n) is 8.62. The van der Waals surface area contributed by atoms with Crippen molar-refractivity contribution < 1.29 is 14.3 Å². The van der Waals surface area contributed by atoms with E-state index in [2.05, 4.69) is 26.1 Å². The lowest BCUT2D eigenvalue weighted by molar-refractivity contribution is -0.128. The third-order valence-electron chi connectivity index (χ3n) is 5.41. The van der Waals surface area contributed by atoms with E-state index in [1.54, 1.807) is 12.0 Å². The molecule has 2 aromatic rings. The zero-order valence-electron chi connectivity index (χ0n) is 17.7. The SMILES string of the molecule is COc1ccc(CCN2CC(C(=O)Nc3ccccc3C(C)(C)C)CC2=O)cc1. The summed E-state index contributed by atoms with van der Waals surface area (Å²) in [5, 5.41) is 3.05. The molecular weight excluding hydrogens is 364 g/mol. The molecule has 5 nitrogen and oxygen atoms in total. The van der Waals surface area contributed by atoms with E-state index in [1.807, 2.05) is 48.5 Å². The van der Waals surface area contributed by atoms with Gasteiger partial charge in [0.1, 0.15) is 5.75 Å². The third-order valence-corrected chi connectivity index (χ3v) is 5.41. The molecule has 3 rings (SSSR count). The van der Waals surface area contributed by atoms with Crippen LogP contribution in [0, 0.1) is 5.92 Å². The number of amides is 2. The van der Waals surface area contributed by atoms with Crippen molar-refractivity contribution in [2.75, 3.05) is 25.5 Å². The molecule has 0 aromatic heterocycles. The summed E-state index contributed by atoms with van der Waals surface area (Å²) >= 11 is 0. The molecule has 1 heterocycles. The summed E-state index contributed by atoms with van der Waals surface area (Å²) in [4.78, 5) is 27.0. The van der Waals surface area contributed by atoms with Crippen LogP contribution in [0.15, 0.2) is 48.5 Å². The third kappa shape index (κ3) is 5.17. The van der Waals surface area contributed by atoms with E-state index in [0.29, 0.717) is 13.1 Å². The highest BCUT2D eigenvalue weighted by molar-refractivity contribution is 5.97. The van der Waals surface area contributed by atoms with Gasteiger partial charge in [-0.25, -0.2) is 0 Å². The minimum Gasteiger partial charge on any atom is -0.497 e. The highest BCUT2D eigenvalue weighted by atomic mass is 16.5. The number of methoxy groups -OCH3 is 1. The Labute approximate surface area is 173 Å². The van der Waals surface area contributed by atoms with Crippen LogP contribution in [0.5, 0.6) is 5.75 Å². The summed E-state index contributed by atoms with van der Waals surface area (Å²) in [6.07, 6.45) is 1.03. The molecular formula is C24H30N2O3. The molecule has 0 saturated carbocycles. The number of nitrogens with one attached hydrogen (secondary N) is 1. The molecule has 1 atom stereocenters. The average molecular weight is 395 g/mol. The zero-order valence-corrected chi connectivity index (χ0v) is 17.7. The van der Waals surface area contributed by atoms with Gasteiger partial charge in [0.05, 0.1) is 13.0 Å². The first-order valence-electron chi connectivity index (χ1n) is 10.1. The van der Waals surface area contributed by atoms with E-state index in [9.17, 15) is 9.59 Å². The minimum atomic E-state index is -0.314. The van der Waals surface area contributed by atoms with Gasteiger partial charge in [0.15, 0.2) is 0 Å². The van der Waals surface area contributed by atoms with E-state index < -0.39 is 0 Å². The van der Waals surface area contributed by atoms with Crippen LogP contribution in [0.3, 0.4) is 0 Å². The molecule has 1 fully saturated rings. The molecule has 1 N–H and O–H groups in total. The van der Waals surface area contributed by atoms with Gasteiger partial charge in [-0.2, -0.15) is 0 Å². The van der Waals surface area contributed by atoms with Crippen molar-refractivity contribution in [2.45, 2.75) is 39.0 Å². The van der Waals surface area contributed by atoms with Crippen molar-refractivity contribution >= 4 is 17.5 Å². The van der Waals surface area contributed by atoms with Crippen molar-refractivity contribution in [2.24, 2.45) is 5.92 Å². The Bertz CT molecular complexity index is 868. The Balaban J connectivity index is 1.59. The summed E-state index contributed by atoms with van der Waals surface area (Å²) in [5.74, 6) is 0.467.